The maximum absolute atomic E-state index is 11.8. The van der Waals surface area contributed by atoms with Crippen LogP contribution in [0.3, 0.4) is 0 Å². The van der Waals surface area contributed by atoms with E-state index in [9.17, 15) is 4.79 Å². The van der Waals surface area contributed by atoms with Crippen LogP contribution in [0.4, 0.5) is 0 Å². The third kappa shape index (κ3) is 6.14. The zero-order valence-electron chi connectivity index (χ0n) is 10.2. The summed E-state index contributed by atoms with van der Waals surface area (Å²) >= 11 is 5.52. The Morgan fingerprint density at radius 1 is 1.44 bits per heavy atom. The van der Waals surface area contributed by atoms with Crippen LogP contribution in [-0.2, 0) is 4.79 Å². The number of hydrogen-bond donors (Lipinski definition) is 1. The molecule has 2 nitrogen and oxygen atoms in total. The number of halogens is 1. The van der Waals surface area contributed by atoms with E-state index in [-0.39, 0.29) is 11.9 Å². The van der Waals surface area contributed by atoms with E-state index in [1.54, 1.807) is 0 Å². The molecule has 94 valence electrons. The van der Waals surface area contributed by atoms with Crippen molar-refractivity contribution in [3.05, 3.63) is 0 Å². The molecule has 1 heterocycles. The Kier molecular flexibility index (Phi) is 6.81. The van der Waals surface area contributed by atoms with E-state index in [0.717, 1.165) is 12.8 Å². The molecule has 1 aliphatic rings. The predicted molar refractivity (Wildman–Crippen MR) is 75.3 cm³/mol. The number of carbonyl (C=O) groups is 1. The Morgan fingerprint density at radius 2 is 2.06 bits per heavy atom. The molecule has 1 N–H and O–H groups in total. The van der Waals surface area contributed by atoms with Gasteiger partial charge in [-0.05, 0) is 43.6 Å². The number of nitrogens with one attached hydrogen (secondary N) is 1. The number of amides is 1. The van der Waals surface area contributed by atoms with Crippen LogP contribution in [-0.4, -0.2) is 28.3 Å². The summed E-state index contributed by atoms with van der Waals surface area (Å²) in [6.07, 6.45) is 4.14. The van der Waals surface area contributed by atoms with Gasteiger partial charge in [-0.25, -0.2) is 0 Å². The van der Waals surface area contributed by atoms with Gasteiger partial charge in [0.05, 0.1) is 0 Å². The molecule has 16 heavy (non-hydrogen) atoms. The Balaban J connectivity index is 2.18. The van der Waals surface area contributed by atoms with Gasteiger partial charge in [0.25, 0.3) is 0 Å². The fraction of sp³-hybridized carbons (Fsp3) is 0.917. The molecular formula is C12H22BrNOS. The lowest BCUT2D eigenvalue weighted by atomic mass is 9.98. The molecule has 1 aliphatic heterocycles. The van der Waals surface area contributed by atoms with Crippen LogP contribution in [0.5, 0.6) is 0 Å². The van der Waals surface area contributed by atoms with Crippen LogP contribution >= 0.6 is 27.7 Å². The maximum atomic E-state index is 11.8. The fourth-order valence-electron chi connectivity index (χ4n) is 2.09. The summed E-state index contributed by atoms with van der Waals surface area (Å²) < 4.78 is 0. The van der Waals surface area contributed by atoms with Crippen molar-refractivity contribution in [3.8, 4) is 0 Å². The van der Waals surface area contributed by atoms with Gasteiger partial charge in [0.15, 0.2) is 0 Å². The van der Waals surface area contributed by atoms with Crippen molar-refractivity contribution in [1.82, 2.24) is 5.32 Å². The minimum atomic E-state index is 0.234. The topological polar surface area (TPSA) is 29.1 Å². The standard InChI is InChI=1S/C12H22BrNOS/c1-9(13)7-10(2)14-12(15)8-11-3-5-16-6-4-11/h9-11H,3-8H2,1-2H3,(H,14,15). The normalized spacial score (nSPS) is 21.4. The Bertz CT molecular complexity index is 217. The van der Waals surface area contributed by atoms with E-state index >= 15 is 0 Å². The van der Waals surface area contributed by atoms with Gasteiger partial charge < -0.3 is 5.32 Å². The third-order valence-corrected chi connectivity index (χ3v) is 4.32. The van der Waals surface area contributed by atoms with E-state index in [1.807, 2.05) is 11.8 Å². The number of rotatable bonds is 5. The molecule has 0 spiro atoms. The van der Waals surface area contributed by atoms with Gasteiger partial charge in [-0.3, -0.25) is 4.79 Å². The lowest BCUT2D eigenvalue weighted by Gasteiger charge is -2.22. The summed E-state index contributed by atoms with van der Waals surface area (Å²) in [5, 5.41) is 3.08. The minimum Gasteiger partial charge on any atom is -0.354 e. The molecule has 1 fully saturated rings. The average molecular weight is 308 g/mol. The second-order valence-corrected chi connectivity index (χ2v) is 7.53. The van der Waals surface area contributed by atoms with Crippen LogP contribution in [0.25, 0.3) is 0 Å². The van der Waals surface area contributed by atoms with Gasteiger partial charge >= 0.3 is 0 Å². The van der Waals surface area contributed by atoms with Crippen LogP contribution in [0.1, 0.15) is 39.5 Å². The monoisotopic (exact) mass is 307 g/mol. The summed E-state index contributed by atoms with van der Waals surface area (Å²) in [6, 6.07) is 0.278. The van der Waals surface area contributed by atoms with Crippen molar-refractivity contribution in [1.29, 1.82) is 0 Å². The smallest absolute Gasteiger partial charge is 0.220 e. The highest BCUT2D eigenvalue weighted by Crippen LogP contribution is 2.25. The first-order valence-electron chi connectivity index (χ1n) is 6.09. The van der Waals surface area contributed by atoms with Crippen LogP contribution in [0.15, 0.2) is 0 Å². The maximum Gasteiger partial charge on any atom is 0.220 e. The molecule has 1 rings (SSSR count). The van der Waals surface area contributed by atoms with Gasteiger partial charge in [0.2, 0.25) is 5.91 Å². The molecule has 1 amide bonds. The highest BCUT2D eigenvalue weighted by molar-refractivity contribution is 9.09. The van der Waals surface area contributed by atoms with E-state index in [0.29, 0.717) is 10.7 Å². The van der Waals surface area contributed by atoms with Gasteiger partial charge in [-0.1, -0.05) is 22.9 Å². The predicted octanol–water partition coefficient (Wildman–Crippen LogP) is 3.20. The lowest BCUT2D eigenvalue weighted by Crippen LogP contribution is -2.35. The van der Waals surface area contributed by atoms with Crippen LogP contribution in [0.2, 0.25) is 0 Å². The van der Waals surface area contributed by atoms with Gasteiger partial charge in [0, 0.05) is 17.3 Å². The molecule has 0 bridgehead atoms. The summed E-state index contributed by atoms with van der Waals surface area (Å²) in [7, 11) is 0. The summed E-state index contributed by atoms with van der Waals surface area (Å²) in [4.78, 5) is 12.2. The molecule has 0 aromatic heterocycles. The Hall–Kier alpha value is 0.300. The number of hydrogen-bond acceptors (Lipinski definition) is 2. The Labute approximate surface area is 111 Å². The third-order valence-electron chi connectivity index (χ3n) is 2.90. The molecular weight excluding hydrogens is 286 g/mol. The van der Waals surface area contributed by atoms with Crippen LogP contribution in [0, 0.1) is 5.92 Å². The first kappa shape index (κ1) is 14.4. The van der Waals surface area contributed by atoms with Crippen molar-refractivity contribution in [2.45, 2.75) is 50.4 Å². The highest BCUT2D eigenvalue weighted by Gasteiger charge is 2.18. The van der Waals surface area contributed by atoms with Crippen molar-refractivity contribution < 1.29 is 4.79 Å². The fourth-order valence-corrected chi connectivity index (χ4v) is 3.86. The molecule has 0 radical (unpaired) electrons. The molecule has 2 atom stereocenters. The molecule has 0 aromatic carbocycles. The lowest BCUT2D eigenvalue weighted by molar-refractivity contribution is -0.122. The van der Waals surface area contributed by atoms with E-state index in [1.165, 1.54) is 24.3 Å². The number of carbonyl (C=O) groups excluding carboxylic acids is 1. The molecule has 1 saturated heterocycles. The van der Waals surface area contributed by atoms with Gasteiger partial charge in [0.1, 0.15) is 0 Å². The summed E-state index contributed by atoms with van der Waals surface area (Å²) in [5.74, 6) is 3.31. The summed E-state index contributed by atoms with van der Waals surface area (Å²) in [6.45, 7) is 4.19. The zero-order chi connectivity index (χ0) is 12.0. The first-order chi connectivity index (χ1) is 7.58. The molecule has 0 aliphatic carbocycles. The molecule has 2 unspecified atom stereocenters. The van der Waals surface area contributed by atoms with Gasteiger partial charge in [-0.15, -0.1) is 0 Å². The zero-order valence-corrected chi connectivity index (χ0v) is 12.6. The van der Waals surface area contributed by atoms with Crippen molar-refractivity contribution in [3.63, 3.8) is 0 Å². The van der Waals surface area contributed by atoms with E-state index in [2.05, 4.69) is 35.1 Å². The van der Waals surface area contributed by atoms with Crippen molar-refractivity contribution in [2.24, 2.45) is 5.92 Å². The van der Waals surface area contributed by atoms with Gasteiger partial charge in [-0.2, -0.15) is 11.8 Å². The average Bonchev–Trinajstić information content (AvgIpc) is 2.17. The van der Waals surface area contributed by atoms with E-state index < -0.39 is 0 Å². The number of alkyl halides is 1. The van der Waals surface area contributed by atoms with Crippen molar-refractivity contribution >= 4 is 33.6 Å². The molecule has 0 aromatic rings. The number of thioether (sulfide) groups is 1. The second kappa shape index (κ2) is 7.59. The quantitative estimate of drug-likeness (QED) is 0.790. The first-order valence-corrected chi connectivity index (χ1v) is 8.16. The SMILES string of the molecule is CC(Br)CC(C)NC(=O)CC1CCSCC1. The van der Waals surface area contributed by atoms with Crippen molar-refractivity contribution in [2.75, 3.05) is 11.5 Å². The second-order valence-electron chi connectivity index (χ2n) is 4.74. The molecule has 0 saturated carbocycles. The molecule has 4 heteroatoms. The minimum absolute atomic E-state index is 0.234. The van der Waals surface area contributed by atoms with E-state index in [4.69, 9.17) is 0 Å². The largest absolute Gasteiger partial charge is 0.354 e. The van der Waals surface area contributed by atoms with Crippen LogP contribution < -0.4 is 5.32 Å². The summed E-state index contributed by atoms with van der Waals surface area (Å²) in [5.41, 5.74) is 0. The Morgan fingerprint density at radius 3 is 2.62 bits per heavy atom. The highest BCUT2D eigenvalue weighted by atomic mass is 79.9.